The molecule has 1 atom stereocenters. The molecule has 0 spiro atoms. The van der Waals surface area contributed by atoms with Crippen LogP contribution in [-0.4, -0.2) is 88.0 Å². The van der Waals surface area contributed by atoms with Crippen molar-refractivity contribution in [3.8, 4) is 0 Å². The number of nitrogens with zero attached hydrogens (tertiary/aromatic N) is 2. The Morgan fingerprint density at radius 2 is 1.79 bits per heavy atom. The molecule has 2 aliphatic heterocycles. The highest BCUT2D eigenvalue weighted by atomic mass is 32.2. The Hall–Kier alpha value is -1.20. The van der Waals surface area contributed by atoms with Crippen LogP contribution in [0.4, 0.5) is 0 Å². The predicted octanol–water partition coefficient (Wildman–Crippen LogP) is -0.127. The van der Waals surface area contributed by atoms with Gasteiger partial charge in [-0.2, -0.15) is 0 Å². The van der Waals surface area contributed by atoms with E-state index in [0.29, 0.717) is 25.8 Å². The molecule has 0 saturated carbocycles. The molecule has 2 aliphatic rings. The van der Waals surface area contributed by atoms with Crippen LogP contribution in [-0.2, 0) is 34.2 Å². The van der Waals surface area contributed by atoms with E-state index in [1.54, 1.807) is 0 Å². The van der Waals surface area contributed by atoms with Crippen LogP contribution in [0.25, 0.3) is 0 Å². The Balaban J connectivity index is 1.89. The molecule has 0 aromatic heterocycles. The maximum Gasteiger partial charge on any atom is 0.309 e. The van der Waals surface area contributed by atoms with E-state index >= 15 is 0 Å². The number of amides is 1. The van der Waals surface area contributed by atoms with Gasteiger partial charge in [-0.1, -0.05) is 13.8 Å². The van der Waals surface area contributed by atoms with E-state index in [9.17, 15) is 26.4 Å². The molecule has 2 rings (SSSR count). The molecule has 1 amide bonds. The third-order valence-corrected chi connectivity index (χ3v) is 8.18. The van der Waals surface area contributed by atoms with Gasteiger partial charge in [0.15, 0.2) is 16.4 Å². The summed E-state index contributed by atoms with van der Waals surface area (Å²) in [7, 11) is -6.40. The van der Waals surface area contributed by atoms with E-state index in [4.69, 9.17) is 4.74 Å². The van der Waals surface area contributed by atoms with Crippen LogP contribution < -0.4 is 0 Å². The van der Waals surface area contributed by atoms with Crippen LogP contribution in [0.3, 0.4) is 0 Å². The normalized spacial score (nSPS) is 23.6. The molecule has 9 nitrogen and oxygen atoms in total. The molecule has 0 aliphatic carbocycles. The number of hydrogen-bond donors (Lipinski definition) is 0. The first-order valence-corrected chi connectivity index (χ1v) is 13.2. The first-order valence-electron chi connectivity index (χ1n) is 9.50. The number of carbonyl (C=O) groups is 2. The second-order valence-corrected chi connectivity index (χ2v) is 12.3. The van der Waals surface area contributed by atoms with Gasteiger partial charge in [0, 0.05) is 25.7 Å². The molecule has 2 fully saturated rings. The Morgan fingerprint density at radius 3 is 2.25 bits per heavy atom. The van der Waals surface area contributed by atoms with Gasteiger partial charge in [0.05, 0.1) is 23.7 Å². The first kappa shape index (κ1) is 23.1. The minimum Gasteiger partial charge on any atom is -0.455 e. The lowest BCUT2D eigenvalue weighted by Crippen LogP contribution is -2.45. The number of ether oxygens (including phenoxy) is 1. The van der Waals surface area contributed by atoms with E-state index in [2.05, 4.69) is 0 Å². The van der Waals surface area contributed by atoms with Crippen LogP contribution in [0, 0.1) is 11.8 Å². The predicted molar refractivity (Wildman–Crippen MR) is 104 cm³/mol. The molecule has 2 heterocycles. The minimum atomic E-state index is -3.27. The second kappa shape index (κ2) is 9.08. The topological polar surface area (TPSA) is 118 Å². The van der Waals surface area contributed by atoms with Crippen molar-refractivity contribution in [2.75, 3.05) is 44.0 Å². The summed E-state index contributed by atoms with van der Waals surface area (Å²) in [6.07, 6.45) is 2.25. The average Bonchev–Trinajstić information content (AvgIpc) is 2.96. The zero-order valence-corrected chi connectivity index (χ0v) is 18.3. The van der Waals surface area contributed by atoms with Crippen molar-refractivity contribution in [1.29, 1.82) is 0 Å². The second-order valence-electron chi connectivity index (χ2n) is 8.04. The Labute approximate surface area is 167 Å². The fourth-order valence-corrected chi connectivity index (χ4v) is 6.23. The van der Waals surface area contributed by atoms with Crippen LogP contribution in [0.5, 0.6) is 0 Å². The van der Waals surface area contributed by atoms with Crippen molar-refractivity contribution in [1.82, 2.24) is 9.21 Å². The van der Waals surface area contributed by atoms with E-state index in [1.807, 2.05) is 13.8 Å². The van der Waals surface area contributed by atoms with Gasteiger partial charge in [0.25, 0.3) is 5.91 Å². The van der Waals surface area contributed by atoms with Gasteiger partial charge in [-0.25, -0.2) is 21.1 Å². The fraction of sp³-hybridized carbons (Fsp3) is 0.882. The standard InChI is InChI=1S/C17H30N2O7S2/c1-13(2)10-19(15-6-9-28(24,25)12-15)16(20)11-26-17(21)14-4-7-18(8-5-14)27(3,22)23/h13-15H,4-12H2,1-3H3. The van der Waals surface area contributed by atoms with Crippen LogP contribution in [0.1, 0.15) is 33.1 Å². The molecule has 0 bridgehead atoms. The summed E-state index contributed by atoms with van der Waals surface area (Å²) in [6, 6.07) is -0.378. The Bertz CT molecular complexity index is 784. The summed E-state index contributed by atoms with van der Waals surface area (Å²) in [5.74, 6) is -1.16. The number of hydrogen-bond acceptors (Lipinski definition) is 7. The molecule has 0 radical (unpaired) electrons. The summed E-state index contributed by atoms with van der Waals surface area (Å²) in [6.45, 7) is 4.37. The molecular weight excluding hydrogens is 408 g/mol. The van der Waals surface area contributed by atoms with Gasteiger partial charge < -0.3 is 9.64 Å². The molecule has 28 heavy (non-hydrogen) atoms. The lowest BCUT2D eigenvalue weighted by molar-refractivity contribution is -0.157. The van der Waals surface area contributed by atoms with Crippen molar-refractivity contribution >= 4 is 31.7 Å². The Morgan fingerprint density at radius 1 is 1.18 bits per heavy atom. The third-order valence-electron chi connectivity index (χ3n) is 5.13. The summed E-state index contributed by atoms with van der Waals surface area (Å²) in [5.41, 5.74) is 0. The smallest absolute Gasteiger partial charge is 0.309 e. The summed E-state index contributed by atoms with van der Waals surface area (Å²) < 4.78 is 53.1. The monoisotopic (exact) mass is 438 g/mol. The zero-order chi connectivity index (χ0) is 21.1. The van der Waals surface area contributed by atoms with E-state index in [1.165, 1.54) is 9.21 Å². The molecule has 0 N–H and O–H groups in total. The van der Waals surface area contributed by atoms with Gasteiger partial charge in [0.1, 0.15) is 0 Å². The van der Waals surface area contributed by atoms with Gasteiger partial charge in [0.2, 0.25) is 10.0 Å². The summed E-state index contributed by atoms with van der Waals surface area (Å²) >= 11 is 0. The highest BCUT2D eigenvalue weighted by molar-refractivity contribution is 7.91. The van der Waals surface area contributed by atoms with Crippen LogP contribution >= 0.6 is 0 Å². The van der Waals surface area contributed by atoms with E-state index in [-0.39, 0.29) is 36.6 Å². The molecule has 1 unspecified atom stereocenters. The van der Waals surface area contributed by atoms with Crippen molar-refractivity contribution < 1.29 is 31.2 Å². The van der Waals surface area contributed by atoms with Crippen molar-refractivity contribution in [3.63, 3.8) is 0 Å². The number of esters is 1. The number of carbonyl (C=O) groups excluding carboxylic acids is 2. The molecule has 162 valence electrons. The highest BCUT2D eigenvalue weighted by Gasteiger charge is 2.36. The molecule has 0 aromatic carbocycles. The number of sulfonamides is 1. The van der Waals surface area contributed by atoms with Crippen molar-refractivity contribution in [2.24, 2.45) is 11.8 Å². The summed E-state index contributed by atoms with van der Waals surface area (Å²) in [4.78, 5) is 26.4. The van der Waals surface area contributed by atoms with Crippen molar-refractivity contribution in [3.05, 3.63) is 0 Å². The lowest BCUT2D eigenvalue weighted by atomic mass is 9.98. The van der Waals surface area contributed by atoms with Crippen LogP contribution in [0.15, 0.2) is 0 Å². The average molecular weight is 439 g/mol. The maximum atomic E-state index is 12.6. The lowest BCUT2D eigenvalue weighted by Gasteiger charge is -2.31. The first-order chi connectivity index (χ1) is 12.9. The quantitative estimate of drug-likeness (QED) is 0.508. The van der Waals surface area contributed by atoms with Gasteiger partial charge in [-0.05, 0) is 25.2 Å². The minimum absolute atomic E-state index is 0.0522. The maximum absolute atomic E-state index is 12.6. The largest absolute Gasteiger partial charge is 0.455 e. The van der Waals surface area contributed by atoms with E-state index < -0.39 is 44.3 Å². The van der Waals surface area contributed by atoms with Crippen molar-refractivity contribution in [2.45, 2.75) is 39.2 Å². The SMILES string of the molecule is CC(C)CN(C(=O)COC(=O)C1CCN(S(C)(=O)=O)CC1)C1CCS(=O)(=O)C1. The highest BCUT2D eigenvalue weighted by Crippen LogP contribution is 2.22. The van der Waals surface area contributed by atoms with Gasteiger partial charge >= 0.3 is 5.97 Å². The zero-order valence-electron chi connectivity index (χ0n) is 16.7. The summed E-state index contributed by atoms with van der Waals surface area (Å²) in [5, 5.41) is 0. The number of rotatable bonds is 7. The Kier molecular flexibility index (Phi) is 7.49. The molecular formula is C17H30N2O7S2. The van der Waals surface area contributed by atoms with E-state index in [0.717, 1.165) is 6.26 Å². The van der Waals surface area contributed by atoms with Crippen LogP contribution in [0.2, 0.25) is 0 Å². The number of sulfone groups is 1. The molecule has 0 aromatic rings. The van der Waals surface area contributed by atoms with Gasteiger partial charge in [-0.3, -0.25) is 9.59 Å². The molecule has 2 saturated heterocycles. The number of piperidine rings is 1. The fourth-order valence-electron chi connectivity index (χ4n) is 3.63. The third kappa shape index (κ3) is 6.41. The van der Waals surface area contributed by atoms with Gasteiger partial charge in [-0.15, -0.1) is 0 Å². The molecule has 11 heteroatoms.